The first-order chi connectivity index (χ1) is 10.6. The fourth-order valence-corrected chi connectivity index (χ4v) is 2.25. The molecule has 0 aliphatic heterocycles. The summed E-state index contributed by atoms with van der Waals surface area (Å²) in [6.45, 7) is 2.04. The normalized spacial score (nSPS) is 10.1. The molecule has 1 aromatic carbocycles. The van der Waals surface area contributed by atoms with Crippen LogP contribution in [0.5, 0.6) is 5.75 Å². The van der Waals surface area contributed by atoms with Gasteiger partial charge < -0.3 is 15.4 Å². The van der Waals surface area contributed by atoms with Crippen molar-refractivity contribution in [1.29, 1.82) is 0 Å². The molecule has 2 aromatic rings. The van der Waals surface area contributed by atoms with E-state index in [1.54, 1.807) is 38.3 Å². The van der Waals surface area contributed by atoms with Gasteiger partial charge in [-0.25, -0.2) is 0 Å². The van der Waals surface area contributed by atoms with Gasteiger partial charge in [0.15, 0.2) is 0 Å². The van der Waals surface area contributed by atoms with E-state index in [0.29, 0.717) is 22.9 Å². The summed E-state index contributed by atoms with van der Waals surface area (Å²) in [5.74, 6) is 0.304. The van der Waals surface area contributed by atoms with Crippen LogP contribution in [0, 0.1) is 0 Å². The molecular formula is C14H16N4O3S. The smallest absolute Gasteiger partial charge is 0.286 e. The lowest BCUT2D eigenvalue weighted by Gasteiger charge is -2.04. The third-order valence-electron chi connectivity index (χ3n) is 2.77. The van der Waals surface area contributed by atoms with Crippen LogP contribution in [0.15, 0.2) is 24.3 Å². The molecule has 2 rings (SSSR count). The van der Waals surface area contributed by atoms with Crippen molar-refractivity contribution in [2.24, 2.45) is 0 Å². The number of benzene rings is 1. The predicted molar refractivity (Wildman–Crippen MR) is 83.0 cm³/mol. The monoisotopic (exact) mass is 320 g/mol. The minimum absolute atomic E-state index is 0.0700. The molecule has 8 heteroatoms. The second-order valence-corrected chi connectivity index (χ2v) is 5.38. The van der Waals surface area contributed by atoms with Crippen molar-refractivity contribution < 1.29 is 14.3 Å². The lowest BCUT2D eigenvalue weighted by molar-refractivity contribution is -0.120. The second kappa shape index (κ2) is 7.51. The number of nitrogens with one attached hydrogen (secondary N) is 2. The van der Waals surface area contributed by atoms with Crippen molar-refractivity contribution in [2.45, 2.75) is 19.9 Å². The van der Waals surface area contributed by atoms with Gasteiger partial charge in [-0.1, -0.05) is 18.3 Å². The van der Waals surface area contributed by atoms with Gasteiger partial charge in [-0.05, 0) is 24.3 Å². The van der Waals surface area contributed by atoms with Gasteiger partial charge in [0.05, 0.1) is 13.7 Å². The Bertz CT molecular complexity index is 654. The van der Waals surface area contributed by atoms with Crippen LogP contribution in [0.4, 0.5) is 5.69 Å². The summed E-state index contributed by atoms with van der Waals surface area (Å²) in [7, 11) is 1.58. The molecule has 1 heterocycles. The number of carbonyl (C=O) groups excluding carboxylic acids is 2. The van der Waals surface area contributed by atoms with Gasteiger partial charge in [-0.2, -0.15) is 0 Å². The van der Waals surface area contributed by atoms with E-state index in [0.717, 1.165) is 11.3 Å². The maximum atomic E-state index is 12.1. The summed E-state index contributed by atoms with van der Waals surface area (Å²) in [4.78, 5) is 23.2. The largest absolute Gasteiger partial charge is 0.497 e. The number of carbonyl (C=O) groups is 2. The fourth-order valence-electron chi connectivity index (χ4n) is 1.57. The van der Waals surface area contributed by atoms with Crippen molar-refractivity contribution in [3.8, 4) is 5.75 Å². The number of anilines is 1. The molecule has 2 amide bonds. The number of ether oxygens (including phenoxy) is 1. The van der Waals surface area contributed by atoms with Gasteiger partial charge in [0.25, 0.3) is 5.91 Å². The summed E-state index contributed by atoms with van der Waals surface area (Å²) in [6, 6.07) is 6.98. The van der Waals surface area contributed by atoms with E-state index in [1.165, 1.54) is 0 Å². The number of hydrogen-bond donors (Lipinski definition) is 2. The van der Waals surface area contributed by atoms with Gasteiger partial charge in [0, 0.05) is 12.1 Å². The van der Waals surface area contributed by atoms with E-state index in [-0.39, 0.29) is 23.4 Å². The van der Waals surface area contributed by atoms with Crippen LogP contribution in [-0.2, 0) is 11.3 Å². The molecule has 0 atom stereocenters. The summed E-state index contributed by atoms with van der Waals surface area (Å²) in [6.07, 6.45) is 0.406. The van der Waals surface area contributed by atoms with Gasteiger partial charge in [0.1, 0.15) is 10.8 Å². The number of aromatic nitrogens is 2. The molecule has 7 nitrogen and oxygen atoms in total. The average Bonchev–Trinajstić information content (AvgIpc) is 3.02. The summed E-state index contributed by atoms with van der Waals surface area (Å²) >= 11 is 1.15. The zero-order chi connectivity index (χ0) is 15.9. The Morgan fingerprint density at radius 2 is 1.95 bits per heavy atom. The molecule has 0 unspecified atom stereocenters. The van der Waals surface area contributed by atoms with Crippen molar-refractivity contribution in [3.63, 3.8) is 0 Å². The second-order valence-electron chi connectivity index (χ2n) is 4.31. The minimum atomic E-state index is -0.337. The molecule has 22 heavy (non-hydrogen) atoms. The quantitative estimate of drug-likeness (QED) is 0.847. The van der Waals surface area contributed by atoms with Crippen molar-refractivity contribution in [3.05, 3.63) is 34.3 Å². The maximum absolute atomic E-state index is 12.1. The molecule has 0 aliphatic rings. The maximum Gasteiger partial charge on any atom is 0.286 e. The van der Waals surface area contributed by atoms with E-state index in [1.807, 2.05) is 0 Å². The first-order valence-corrected chi connectivity index (χ1v) is 7.48. The van der Waals surface area contributed by atoms with E-state index in [9.17, 15) is 9.59 Å². The van der Waals surface area contributed by atoms with Gasteiger partial charge in [-0.15, -0.1) is 10.2 Å². The molecule has 0 aliphatic carbocycles. The van der Waals surface area contributed by atoms with Gasteiger partial charge >= 0.3 is 0 Å². The fraction of sp³-hybridized carbons (Fsp3) is 0.286. The first kappa shape index (κ1) is 15.9. The summed E-state index contributed by atoms with van der Waals surface area (Å²) in [5, 5.41) is 14.0. The van der Waals surface area contributed by atoms with Crippen molar-refractivity contribution >= 4 is 28.8 Å². The third-order valence-corrected chi connectivity index (χ3v) is 3.69. The lowest BCUT2D eigenvalue weighted by Crippen LogP contribution is -2.21. The van der Waals surface area contributed by atoms with Gasteiger partial charge in [-0.3, -0.25) is 9.59 Å². The average molecular weight is 320 g/mol. The standard InChI is InChI=1S/C14H16N4O3S/c1-3-11(19)15-8-12-17-18-14(22-12)13(20)16-9-4-6-10(21-2)7-5-9/h4-7H,3,8H2,1-2H3,(H,15,19)(H,16,20). The van der Waals surface area contributed by atoms with Crippen LogP contribution in [0.3, 0.4) is 0 Å². The Kier molecular flexibility index (Phi) is 5.42. The highest BCUT2D eigenvalue weighted by molar-refractivity contribution is 7.13. The van der Waals surface area contributed by atoms with Crippen LogP contribution < -0.4 is 15.4 Å². The number of amides is 2. The Morgan fingerprint density at radius 3 is 2.59 bits per heavy atom. The van der Waals surface area contributed by atoms with Gasteiger partial charge in [0.2, 0.25) is 10.9 Å². The number of rotatable bonds is 6. The summed E-state index contributed by atoms with van der Waals surface area (Å²) in [5.41, 5.74) is 0.641. The number of methoxy groups -OCH3 is 1. The zero-order valence-electron chi connectivity index (χ0n) is 12.3. The summed E-state index contributed by atoms with van der Waals surface area (Å²) < 4.78 is 5.05. The lowest BCUT2D eigenvalue weighted by atomic mass is 10.3. The van der Waals surface area contributed by atoms with E-state index in [4.69, 9.17) is 4.74 Å². The predicted octanol–water partition coefficient (Wildman–Crippen LogP) is 1.83. The van der Waals surface area contributed by atoms with E-state index in [2.05, 4.69) is 20.8 Å². The number of hydrogen-bond acceptors (Lipinski definition) is 6. The molecule has 1 aromatic heterocycles. The molecule has 0 radical (unpaired) electrons. The molecule has 0 fully saturated rings. The highest BCUT2D eigenvalue weighted by Gasteiger charge is 2.13. The molecule has 116 valence electrons. The topological polar surface area (TPSA) is 93.2 Å². The third kappa shape index (κ3) is 4.26. The van der Waals surface area contributed by atoms with Crippen LogP contribution >= 0.6 is 11.3 Å². The first-order valence-electron chi connectivity index (χ1n) is 6.67. The van der Waals surface area contributed by atoms with E-state index >= 15 is 0 Å². The molecular weight excluding hydrogens is 304 g/mol. The highest BCUT2D eigenvalue weighted by Crippen LogP contribution is 2.17. The zero-order valence-corrected chi connectivity index (χ0v) is 13.1. The Hall–Kier alpha value is -2.48. The Morgan fingerprint density at radius 1 is 1.23 bits per heavy atom. The van der Waals surface area contributed by atoms with Crippen LogP contribution in [0.2, 0.25) is 0 Å². The molecule has 0 saturated carbocycles. The number of nitrogens with zero attached hydrogens (tertiary/aromatic N) is 2. The van der Waals surface area contributed by atoms with Crippen LogP contribution in [0.1, 0.15) is 28.2 Å². The van der Waals surface area contributed by atoms with Crippen LogP contribution in [-0.4, -0.2) is 29.1 Å². The molecule has 0 bridgehead atoms. The SMILES string of the molecule is CCC(=O)NCc1nnc(C(=O)Nc2ccc(OC)cc2)s1. The highest BCUT2D eigenvalue weighted by atomic mass is 32.1. The molecule has 0 saturated heterocycles. The Labute approximate surface area is 131 Å². The van der Waals surface area contributed by atoms with E-state index < -0.39 is 0 Å². The van der Waals surface area contributed by atoms with Crippen molar-refractivity contribution in [2.75, 3.05) is 12.4 Å². The van der Waals surface area contributed by atoms with Crippen LogP contribution in [0.25, 0.3) is 0 Å². The minimum Gasteiger partial charge on any atom is -0.497 e. The molecule has 2 N–H and O–H groups in total. The Balaban J connectivity index is 1.94. The molecule has 0 spiro atoms. The van der Waals surface area contributed by atoms with Crippen molar-refractivity contribution in [1.82, 2.24) is 15.5 Å².